The Morgan fingerprint density at radius 1 is 1.29 bits per heavy atom. The zero-order chi connectivity index (χ0) is 22.6. The number of amides is 2. The third-order valence-corrected chi connectivity index (χ3v) is 6.29. The van der Waals surface area contributed by atoms with Crippen LogP contribution in [0.3, 0.4) is 0 Å². The van der Waals surface area contributed by atoms with Crippen molar-refractivity contribution in [1.82, 2.24) is 9.80 Å². The molecule has 2 aromatic rings. The molecular formula is C23H29FN2O4S. The van der Waals surface area contributed by atoms with Crippen molar-refractivity contribution in [2.75, 3.05) is 33.4 Å². The van der Waals surface area contributed by atoms with E-state index in [4.69, 9.17) is 9.47 Å². The van der Waals surface area contributed by atoms with Crippen molar-refractivity contribution in [3.05, 3.63) is 52.0 Å². The topological polar surface area (TPSA) is 59.1 Å². The molecule has 2 heterocycles. The Morgan fingerprint density at radius 3 is 2.74 bits per heavy atom. The first-order chi connectivity index (χ1) is 14.7. The molecule has 0 saturated heterocycles. The molecule has 1 aromatic heterocycles. The van der Waals surface area contributed by atoms with Gasteiger partial charge in [0.15, 0.2) is 0 Å². The number of hydrogen-bond donors (Lipinski definition) is 0. The lowest BCUT2D eigenvalue weighted by atomic mass is 10.00. The number of rotatable bonds is 7. The van der Waals surface area contributed by atoms with Crippen LogP contribution in [-0.2, 0) is 20.7 Å². The number of nitrogens with zero attached hydrogens (tertiary/aromatic N) is 2. The van der Waals surface area contributed by atoms with E-state index in [1.807, 2.05) is 32.2 Å². The average molecular weight is 449 g/mol. The molecule has 1 aliphatic rings. The first-order valence-corrected chi connectivity index (χ1v) is 11.1. The Kier molecular flexibility index (Phi) is 7.33. The second-order valence-corrected chi connectivity index (χ2v) is 9.50. The standard InChI is InChI=1S/C23H29FN2O4S/c1-23(2,3)26(22(28)15-29-4)13-21(27)25-10-8-20-18(9-11-31-20)19(25)14-30-17-7-5-6-16(24)12-17/h5-7,9,11-12,19H,8,10,13-15H2,1-4H3. The number of ether oxygens (including phenoxy) is 2. The zero-order valence-corrected chi connectivity index (χ0v) is 19.2. The molecule has 6 nitrogen and oxygen atoms in total. The summed E-state index contributed by atoms with van der Waals surface area (Å²) in [4.78, 5) is 30.5. The Balaban J connectivity index is 1.80. The van der Waals surface area contributed by atoms with E-state index in [2.05, 4.69) is 0 Å². The summed E-state index contributed by atoms with van der Waals surface area (Å²) in [6.07, 6.45) is 0.761. The van der Waals surface area contributed by atoms with Gasteiger partial charge in [0.2, 0.25) is 11.8 Å². The summed E-state index contributed by atoms with van der Waals surface area (Å²) in [5.74, 6) is -0.336. The smallest absolute Gasteiger partial charge is 0.249 e. The van der Waals surface area contributed by atoms with Crippen molar-refractivity contribution in [2.24, 2.45) is 0 Å². The second-order valence-electron chi connectivity index (χ2n) is 8.50. The SMILES string of the molecule is COCC(=O)N(CC(=O)N1CCc2sccc2C1COc1cccc(F)c1)C(C)(C)C. The van der Waals surface area contributed by atoms with E-state index in [1.165, 1.54) is 24.1 Å². The van der Waals surface area contributed by atoms with Crippen LogP contribution in [0.15, 0.2) is 35.7 Å². The largest absolute Gasteiger partial charge is 0.491 e. The number of hydrogen-bond acceptors (Lipinski definition) is 5. The molecule has 0 fully saturated rings. The van der Waals surface area contributed by atoms with Crippen molar-refractivity contribution < 1.29 is 23.5 Å². The lowest BCUT2D eigenvalue weighted by Crippen LogP contribution is -2.53. The van der Waals surface area contributed by atoms with E-state index in [1.54, 1.807) is 33.3 Å². The molecule has 1 unspecified atom stereocenters. The molecule has 31 heavy (non-hydrogen) atoms. The fourth-order valence-corrected chi connectivity index (χ4v) is 4.66. The maximum Gasteiger partial charge on any atom is 0.249 e. The number of carbonyl (C=O) groups excluding carboxylic acids is 2. The average Bonchev–Trinajstić information content (AvgIpc) is 3.18. The van der Waals surface area contributed by atoms with Crippen LogP contribution in [0.1, 0.15) is 37.3 Å². The number of carbonyl (C=O) groups is 2. The number of methoxy groups -OCH3 is 1. The van der Waals surface area contributed by atoms with Gasteiger partial charge < -0.3 is 19.3 Å². The van der Waals surface area contributed by atoms with Crippen LogP contribution in [-0.4, -0.2) is 60.6 Å². The molecule has 0 aliphatic carbocycles. The Morgan fingerprint density at radius 2 is 2.06 bits per heavy atom. The molecule has 0 N–H and O–H groups in total. The number of halogens is 1. The lowest BCUT2D eigenvalue weighted by Gasteiger charge is -2.40. The number of thiophene rings is 1. The van der Waals surface area contributed by atoms with Gasteiger partial charge in [0.1, 0.15) is 31.3 Å². The summed E-state index contributed by atoms with van der Waals surface area (Å²) in [5, 5.41) is 2.01. The van der Waals surface area contributed by atoms with Gasteiger partial charge in [-0.25, -0.2) is 4.39 Å². The minimum atomic E-state index is -0.526. The van der Waals surface area contributed by atoms with Crippen molar-refractivity contribution in [3.63, 3.8) is 0 Å². The van der Waals surface area contributed by atoms with Crippen molar-refractivity contribution in [1.29, 1.82) is 0 Å². The van der Waals surface area contributed by atoms with E-state index in [0.717, 1.165) is 12.0 Å². The van der Waals surface area contributed by atoms with Crippen LogP contribution < -0.4 is 4.74 Å². The molecular weight excluding hydrogens is 419 g/mol. The molecule has 3 rings (SSSR count). The van der Waals surface area contributed by atoms with E-state index < -0.39 is 5.54 Å². The van der Waals surface area contributed by atoms with Gasteiger partial charge in [-0.3, -0.25) is 9.59 Å². The third kappa shape index (κ3) is 5.62. The van der Waals surface area contributed by atoms with Crippen LogP contribution in [0.5, 0.6) is 5.75 Å². The minimum absolute atomic E-state index is 0.0401. The number of fused-ring (bicyclic) bond motifs is 1. The monoisotopic (exact) mass is 448 g/mol. The maximum absolute atomic E-state index is 13.5. The van der Waals surface area contributed by atoms with Crippen LogP contribution in [0.4, 0.5) is 4.39 Å². The van der Waals surface area contributed by atoms with Crippen molar-refractivity contribution >= 4 is 23.2 Å². The van der Waals surface area contributed by atoms with Crippen molar-refractivity contribution in [2.45, 2.75) is 38.8 Å². The first kappa shape index (κ1) is 23.2. The van der Waals surface area contributed by atoms with Gasteiger partial charge in [-0.1, -0.05) is 6.07 Å². The van der Waals surface area contributed by atoms with E-state index in [9.17, 15) is 14.0 Å². The van der Waals surface area contributed by atoms with E-state index >= 15 is 0 Å². The van der Waals surface area contributed by atoms with Gasteiger partial charge in [0, 0.05) is 30.1 Å². The van der Waals surface area contributed by atoms with Crippen molar-refractivity contribution in [3.8, 4) is 5.75 Å². The highest BCUT2D eigenvalue weighted by molar-refractivity contribution is 7.10. The fraction of sp³-hybridized carbons (Fsp3) is 0.478. The summed E-state index contributed by atoms with van der Waals surface area (Å²) in [6.45, 7) is 6.32. The Hall–Kier alpha value is -2.45. The van der Waals surface area contributed by atoms with Gasteiger partial charge in [-0.2, -0.15) is 0 Å². The minimum Gasteiger partial charge on any atom is -0.491 e. The van der Waals surface area contributed by atoms with Gasteiger partial charge in [0.25, 0.3) is 0 Å². The summed E-state index contributed by atoms with van der Waals surface area (Å²) < 4.78 is 24.4. The highest BCUT2D eigenvalue weighted by Gasteiger charge is 2.35. The van der Waals surface area contributed by atoms with Gasteiger partial charge >= 0.3 is 0 Å². The van der Waals surface area contributed by atoms with Gasteiger partial charge in [-0.15, -0.1) is 11.3 Å². The highest BCUT2D eigenvalue weighted by atomic mass is 32.1. The normalized spacial score (nSPS) is 16.0. The molecule has 0 saturated carbocycles. The maximum atomic E-state index is 13.5. The van der Waals surface area contributed by atoms with Crippen LogP contribution in [0, 0.1) is 5.82 Å². The summed E-state index contributed by atoms with van der Waals surface area (Å²) in [6, 6.07) is 7.68. The van der Waals surface area contributed by atoms with Crippen LogP contribution >= 0.6 is 11.3 Å². The van der Waals surface area contributed by atoms with Crippen LogP contribution in [0.2, 0.25) is 0 Å². The highest BCUT2D eigenvalue weighted by Crippen LogP contribution is 2.34. The number of benzene rings is 1. The molecule has 0 bridgehead atoms. The molecule has 168 valence electrons. The van der Waals surface area contributed by atoms with E-state index in [-0.39, 0.29) is 43.4 Å². The summed E-state index contributed by atoms with van der Waals surface area (Å²) in [7, 11) is 1.46. The van der Waals surface area contributed by atoms with Crippen LogP contribution in [0.25, 0.3) is 0 Å². The lowest BCUT2D eigenvalue weighted by molar-refractivity contribution is -0.148. The molecule has 2 amide bonds. The fourth-order valence-electron chi connectivity index (χ4n) is 3.73. The molecule has 8 heteroatoms. The molecule has 1 aliphatic heterocycles. The molecule has 0 spiro atoms. The molecule has 0 radical (unpaired) electrons. The van der Waals surface area contributed by atoms with Gasteiger partial charge in [0.05, 0.1) is 6.04 Å². The second kappa shape index (κ2) is 9.78. The predicted molar refractivity (Wildman–Crippen MR) is 118 cm³/mol. The Bertz CT molecular complexity index is 924. The summed E-state index contributed by atoms with van der Waals surface area (Å²) in [5.41, 5.74) is 0.522. The molecule has 1 atom stereocenters. The quantitative estimate of drug-likeness (QED) is 0.649. The van der Waals surface area contributed by atoms with E-state index in [0.29, 0.717) is 12.3 Å². The molecule has 1 aromatic carbocycles. The zero-order valence-electron chi connectivity index (χ0n) is 18.4. The first-order valence-electron chi connectivity index (χ1n) is 10.2. The van der Waals surface area contributed by atoms with Gasteiger partial charge in [-0.05, 0) is 56.3 Å². The summed E-state index contributed by atoms with van der Waals surface area (Å²) >= 11 is 1.66. The Labute approximate surface area is 186 Å². The third-order valence-electron chi connectivity index (χ3n) is 5.29. The predicted octanol–water partition coefficient (Wildman–Crippen LogP) is 3.67.